The minimum atomic E-state index is -1.09. The molecule has 3 nitrogen and oxygen atoms in total. The number of aliphatic hydroxyl groups excluding tert-OH is 2. The molecular weight excluding hydrogens is 328 g/mol. The van der Waals surface area contributed by atoms with Gasteiger partial charge in [-0.2, -0.15) is 0 Å². The van der Waals surface area contributed by atoms with Gasteiger partial charge in [0.25, 0.3) is 0 Å². The number of hydrogen-bond acceptors (Lipinski definition) is 4. The summed E-state index contributed by atoms with van der Waals surface area (Å²) in [6.45, 7) is 1.41. The van der Waals surface area contributed by atoms with E-state index in [4.69, 9.17) is 11.6 Å². The number of rotatable bonds is 4. The van der Waals surface area contributed by atoms with Crippen molar-refractivity contribution in [3.05, 3.63) is 33.3 Å². The maximum absolute atomic E-state index is 10.8. The van der Waals surface area contributed by atoms with Crippen molar-refractivity contribution >= 4 is 44.4 Å². The van der Waals surface area contributed by atoms with Gasteiger partial charge in [-0.15, -0.1) is 0 Å². The summed E-state index contributed by atoms with van der Waals surface area (Å²) in [6, 6.07) is 5.01. The predicted octanol–water partition coefficient (Wildman–Crippen LogP) is 2.78. The molecule has 6 heteroatoms. The quantitative estimate of drug-likeness (QED) is 0.885. The Morgan fingerprint density at radius 1 is 1.53 bits per heavy atom. The molecule has 0 heterocycles. The zero-order valence-corrected chi connectivity index (χ0v) is 12.2. The smallest absolute Gasteiger partial charge is 0.185 e. The van der Waals surface area contributed by atoms with Crippen LogP contribution in [0, 0.1) is 0 Å². The molecule has 0 aromatic heterocycles. The van der Waals surface area contributed by atoms with Gasteiger partial charge in [-0.25, -0.2) is 0 Å². The van der Waals surface area contributed by atoms with Crippen molar-refractivity contribution in [1.29, 1.82) is 0 Å². The highest BCUT2D eigenvalue weighted by Gasteiger charge is 2.21. The van der Waals surface area contributed by atoms with E-state index in [9.17, 15) is 15.0 Å². The first-order valence-corrected chi connectivity index (χ1v) is 7.02. The summed E-state index contributed by atoms with van der Waals surface area (Å²) in [5.74, 6) is 0.142. The van der Waals surface area contributed by atoms with Crippen molar-refractivity contribution in [3.8, 4) is 0 Å². The Kier molecular flexibility index (Phi) is 5.95. The van der Waals surface area contributed by atoms with E-state index in [0.717, 1.165) is 16.2 Å². The van der Waals surface area contributed by atoms with E-state index in [1.54, 1.807) is 18.2 Å². The molecule has 0 radical (unpaired) electrons. The van der Waals surface area contributed by atoms with Crippen LogP contribution in [0.1, 0.15) is 18.6 Å². The fourth-order valence-electron chi connectivity index (χ4n) is 1.24. The van der Waals surface area contributed by atoms with Crippen LogP contribution >= 0.6 is 39.3 Å². The van der Waals surface area contributed by atoms with E-state index in [-0.39, 0.29) is 10.9 Å². The summed E-state index contributed by atoms with van der Waals surface area (Å²) in [7, 11) is 0. The van der Waals surface area contributed by atoms with Crippen molar-refractivity contribution in [2.24, 2.45) is 0 Å². The van der Waals surface area contributed by atoms with Crippen LogP contribution in [0.3, 0.4) is 0 Å². The van der Waals surface area contributed by atoms with E-state index < -0.39 is 12.2 Å². The average molecular weight is 340 g/mol. The number of carbonyl (C=O) groups is 1. The molecule has 0 aliphatic rings. The van der Waals surface area contributed by atoms with E-state index in [1.807, 2.05) is 0 Å². The molecule has 2 atom stereocenters. The van der Waals surface area contributed by atoms with Gasteiger partial charge in [0.15, 0.2) is 5.12 Å². The monoisotopic (exact) mass is 338 g/mol. The molecule has 1 aromatic carbocycles. The Morgan fingerprint density at radius 2 is 2.18 bits per heavy atom. The Bertz CT molecular complexity index is 414. The van der Waals surface area contributed by atoms with Crippen molar-refractivity contribution < 1.29 is 15.0 Å². The summed E-state index contributed by atoms with van der Waals surface area (Å²) in [6.07, 6.45) is -2.12. The van der Waals surface area contributed by atoms with Crippen LogP contribution in [0.5, 0.6) is 0 Å². The van der Waals surface area contributed by atoms with Gasteiger partial charge in [-0.1, -0.05) is 45.4 Å². The summed E-state index contributed by atoms with van der Waals surface area (Å²) < 4.78 is 0.797. The maximum atomic E-state index is 10.8. The second-order valence-corrected chi connectivity index (χ2v) is 6.00. The zero-order valence-electron chi connectivity index (χ0n) is 9.06. The first-order chi connectivity index (χ1) is 7.91. The Hall–Kier alpha value is -0.0700. The van der Waals surface area contributed by atoms with Gasteiger partial charge in [0.05, 0.1) is 6.10 Å². The first kappa shape index (κ1) is 15.0. The zero-order chi connectivity index (χ0) is 13.0. The van der Waals surface area contributed by atoms with Crippen molar-refractivity contribution in [2.45, 2.75) is 19.1 Å². The highest BCUT2D eigenvalue weighted by atomic mass is 79.9. The number of thioether (sulfide) groups is 1. The summed E-state index contributed by atoms with van der Waals surface area (Å²) in [5.41, 5.74) is 0.450. The van der Waals surface area contributed by atoms with Gasteiger partial charge in [0.1, 0.15) is 6.10 Å². The molecule has 0 bridgehead atoms. The SMILES string of the molecule is CC(=O)SCC(O)C(O)c1ccc(Br)cc1Cl. The predicted molar refractivity (Wildman–Crippen MR) is 73.3 cm³/mol. The van der Waals surface area contributed by atoms with Gasteiger partial charge in [0, 0.05) is 27.7 Å². The molecule has 0 aliphatic heterocycles. The molecule has 2 N–H and O–H groups in total. The molecule has 0 saturated carbocycles. The van der Waals surface area contributed by atoms with Crippen LogP contribution in [-0.2, 0) is 4.79 Å². The molecule has 2 unspecified atom stereocenters. The highest BCUT2D eigenvalue weighted by Crippen LogP contribution is 2.29. The molecule has 0 saturated heterocycles. The summed E-state index contributed by atoms with van der Waals surface area (Å²) in [4.78, 5) is 10.8. The van der Waals surface area contributed by atoms with Gasteiger partial charge < -0.3 is 10.2 Å². The molecule has 0 spiro atoms. The molecular formula is C11H12BrClO3S. The van der Waals surface area contributed by atoms with Crippen molar-refractivity contribution in [3.63, 3.8) is 0 Å². The van der Waals surface area contributed by atoms with Gasteiger partial charge in [0.2, 0.25) is 0 Å². The van der Waals surface area contributed by atoms with Crippen LogP contribution in [0.15, 0.2) is 22.7 Å². The molecule has 1 rings (SSSR count). The summed E-state index contributed by atoms with van der Waals surface area (Å²) >= 11 is 10.2. The van der Waals surface area contributed by atoms with Crippen LogP contribution in [0.4, 0.5) is 0 Å². The maximum Gasteiger partial charge on any atom is 0.185 e. The normalized spacial score (nSPS) is 14.4. The third kappa shape index (κ3) is 4.60. The van der Waals surface area contributed by atoms with Crippen LogP contribution in [-0.4, -0.2) is 27.2 Å². The van der Waals surface area contributed by atoms with Gasteiger partial charge >= 0.3 is 0 Å². The van der Waals surface area contributed by atoms with Crippen molar-refractivity contribution in [1.82, 2.24) is 0 Å². The van der Waals surface area contributed by atoms with Crippen LogP contribution in [0.25, 0.3) is 0 Å². The molecule has 17 heavy (non-hydrogen) atoms. The number of halogens is 2. The van der Waals surface area contributed by atoms with Crippen LogP contribution < -0.4 is 0 Å². The van der Waals surface area contributed by atoms with Gasteiger partial charge in [-0.05, 0) is 12.1 Å². The minimum absolute atomic E-state index is 0.0989. The minimum Gasteiger partial charge on any atom is -0.389 e. The Morgan fingerprint density at radius 3 is 2.71 bits per heavy atom. The Labute approximate surface area is 117 Å². The number of carbonyl (C=O) groups excluding carboxylic acids is 1. The van der Waals surface area contributed by atoms with E-state index in [0.29, 0.717) is 10.6 Å². The van der Waals surface area contributed by atoms with E-state index >= 15 is 0 Å². The molecule has 1 aromatic rings. The average Bonchev–Trinajstić information content (AvgIpc) is 2.25. The molecule has 94 valence electrons. The second-order valence-electron chi connectivity index (χ2n) is 3.48. The fraction of sp³-hybridized carbons (Fsp3) is 0.364. The summed E-state index contributed by atoms with van der Waals surface area (Å²) in [5, 5.41) is 19.9. The largest absolute Gasteiger partial charge is 0.389 e. The fourth-order valence-corrected chi connectivity index (χ4v) is 2.62. The number of aliphatic hydroxyl groups is 2. The lowest BCUT2D eigenvalue weighted by Gasteiger charge is -2.18. The lowest BCUT2D eigenvalue weighted by atomic mass is 10.1. The van der Waals surface area contributed by atoms with Crippen molar-refractivity contribution in [2.75, 3.05) is 5.75 Å². The topological polar surface area (TPSA) is 57.5 Å². The third-order valence-electron chi connectivity index (χ3n) is 2.10. The van der Waals surface area contributed by atoms with Gasteiger partial charge in [-0.3, -0.25) is 4.79 Å². The van der Waals surface area contributed by atoms with E-state index in [2.05, 4.69) is 15.9 Å². The molecule has 0 fully saturated rings. The van der Waals surface area contributed by atoms with E-state index in [1.165, 1.54) is 6.92 Å². The standard InChI is InChI=1S/C11H12BrClO3S/c1-6(14)17-5-10(15)11(16)8-3-2-7(12)4-9(8)13/h2-4,10-11,15-16H,5H2,1H3. The lowest BCUT2D eigenvalue weighted by Crippen LogP contribution is -2.21. The lowest BCUT2D eigenvalue weighted by molar-refractivity contribution is -0.109. The van der Waals surface area contributed by atoms with Crippen LogP contribution in [0.2, 0.25) is 5.02 Å². The Balaban J connectivity index is 2.74. The number of hydrogen-bond donors (Lipinski definition) is 2. The molecule has 0 amide bonds. The highest BCUT2D eigenvalue weighted by molar-refractivity contribution is 9.10. The molecule has 0 aliphatic carbocycles. The second kappa shape index (κ2) is 6.75. The first-order valence-electron chi connectivity index (χ1n) is 4.86. The number of benzene rings is 1. The third-order valence-corrected chi connectivity index (χ3v) is 3.84.